The summed E-state index contributed by atoms with van der Waals surface area (Å²) < 4.78 is 1.88. The van der Waals surface area contributed by atoms with Gasteiger partial charge in [-0.15, -0.1) is 11.3 Å². The smallest absolute Gasteiger partial charge is 0.263 e. The third-order valence-corrected chi connectivity index (χ3v) is 6.43. The molecule has 2 fully saturated rings. The normalized spacial score (nSPS) is 20.8. The van der Waals surface area contributed by atoms with Crippen LogP contribution in [0.25, 0.3) is 0 Å². The number of aromatic nitrogens is 2. The van der Waals surface area contributed by atoms with Crippen LogP contribution in [0.5, 0.6) is 0 Å². The van der Waals surface area contributed by atoms with Crippen LogP contribution in [0.1, 0.15) is 41.0 Å². The first-order valence-corrected chi connectivity index (χ1v) is 9.61. The third-order valence-electron chi connectivity index (χ3n) is 5.58. The topological polar surface area (TPSA) is 41.4 Å². The van der Waals surface area contributed by atoms with Crippen molar-refractivity contribution in [2.24, 2.45) is 7.05 Å². The minimum Gasteiger partial charge on any atom is -0.338 e. The van der Waals surface area contributed by atoms with Crippen molar-refractivity contribution in [1.29, 1.82) is 0 Å². The molecule has 4 heterocycles. The molecule has 24 heavy (non-hydrogen) atoms. The van der Waals surface area contributed by atoms with Crippen LogP contribution in [-0.4, -0.2) is 50.7 Å². The SMILES string of the molecule is Cn1ccc(CN2CCCC23CCN(C(=O)c2cccs2)CC3)n1. The average Bonchev–Trinajstić information content (AvgIpc) is 3.32. The molecule has 2 aliphatic rings. The lowest BCUT2D eigenvalue weighted by molar-refractivity contribution is 0.0382. The van der Waals surface area contributed by atoms with Crippen LogP contribution in [-0.2, 0) is 13.6 Å². The Morgan fingerprint density at radius 3 is 2.75 bits per heavy atom. The van der Waals surface area contributed by atoms with Gasteiger partial charge in [-0.1, -0.05) is 6.07 Å². The zero-order chi connectivity index (χ0) is 16.6. The van der Waals surface area contributed by atoms with Crippen molar-refractivity contribution in [3.63, 3.8) is 0 Å². The van der Waals surface area contributed by atoms with E-state index in [1.54, 1.807) is 11.3 Å². The Bertz CT molecular complexity index is 700. The summed E-state index contributed by atoms with van der Waals surface area (Å²) in [7, 11) is 1.97. The Balaban J connectivity index is 1.42. The van der Waals surface area contributed by atoms with Gasteiger partial charge in [-0.25, -0.2) is 0 Å². The zero-order valence-electron chi connectivity index (χ0n) is 14.1. The first-order valence-electron chi connectivity index (χ1n) is 8.73. The molecule has 2 aromatic heterocycles. The molecule has 0 aromatic carbocycles. The van der Waals surface area contributed by atoms with E-state index in [-0.39, 0.29) is 11.4 Å². The van der Waals surface area contributed by atoms with Gasteiger partial charge in [0.15, 0.2) is 0 Å². The van der Waals surface area contributed by atoms with Gasteiger partial charge in [-0.05, 0) is 49.7 Å². The van der Waals surface area contributed by atoms with E-state index in [9.17, 15) is 4.79 Å². The standard InChI is InChI=1S/C18H24N4OS/c1-20-10-5-15(19-20)14-22-9-3-6-18(22)7-11-21(12-8-18)17(23)16-4-2-13-24-16/h2,4-5,10,13H,3,6-9,11-12,14H2,1H3. The van der Waals surface area contributed by atoms with Gasteiger partial charge in [0.1, 0.15) is 0 Å². The van der Waals surface area contributed by atoms with E-state index in [1.165, 1.54) is 12.8 Å². The van der Waals surface area contributed by atoms with Crippen LogP contribution in [0.4, 0.5) is 0 Å². The van der Waals surface area contributed by atoms with Crippen LogP contribution >= 0.6 is 11.3 Å². The van der Waals surface area contributed by atoms with Crippen molar-refractivity contribution >= 4 is 17.2 Å². The molecule has 0 atom stereocenters. The fraction of sp³-hybridized carbons (Fsp3) is 0.556. The van der Waals surface area contributed by atoms with Crippen molar-refractivity contribution in [2.45, 2.75) is 37.8 Å². The number of carbonyl (C=O) groups is 1. The van der Waals surface area contributed by atoms with Crippen LogP contribution in [0, 0.1) is 0 Å². The van der Waals surface area contributed by atoms with E-state index in [2.05, 4.69) is 16.1 Å². The van der Waals surface area contributed by atoms with E-state index < -0.39 is 0 Å². The van der Waals surface area contributed by atoms with Gasteiger partial charge in [0.05, 0.1) is 10.6 Å². The van der Waals surface area contributed by atoms with Crippen molar-refractivity contribution in [2.75, 3.05) is 19.6 Å². The summed E-state index contributed by atoms with van der Waals surface area (Å²) in [5.41, 5.74) is 1.42. The molecule has 128 valence electrons. The van der Waals surface area contributed by atoms with E-state index >= 15 is 0 Å². The summed E-state index contributed by atoms with van der Waals surface area (Å²) in [6.45, 7) is 3.82. The summed E-state index contributed by atoms with van der Waals surface area (Å²) in [5.74, 6) is 0.203. The van der Waals surface area contributed by atoms with Crippen LogP contribution in [0.3, 0.4) is 0 Å². The fourth-order valence-corrected chi connectivity index (χ4v) is 4.92. The number of amides is 1. The van der Waals surface area contributed by atoms with Crippen molar-refractivity contribution in [3.8, 4) is 0 Å². The lowest BCUT2D eigenvalue weighted by Crippen LogP contribution is -2.52. The summed E-state index contributed by atoms with van der Waals surface area (Å²) >= 11 is 1.54. The first-order chi connectivity index (χ1) is 11.7. The lowest BCUT2D eigenvalue weighted by atomic mass is 9.84. The highest BCUT2D eigenvalue weighted by atomic mass is 32.1. The Hall–Kier alpha value is -1.66. The Labute approximate surface area is 146 Å². The highest BCUT2D eigenvalue weighted by Gasteiger charge is 2.43. The molecule has 0 N–H and O–H groups in total. The number of aryl methyl sites for hydroxylation is 1. The predicted octanol–water partition coefficient (Wildman–Crippen LogP) is 2.75. The van der Waals surface area contributed by atoms with Gasteiger partial charge >= 0.3 is 0 Å². The average molecular weight is 344 g/mol. The molecule has 0 bridgehead atoms. The van der Waals surface area contributed by atoms with Gasteiger partial charge in [-0.3, -0.25) is 14.4 Å². The second-order valence-electron chi connectivity index (χ2n) is 7.00. The van der Waals surface area contributed by atoms with E-state index in [1.807, 2.05) is 40.3 Å². The molecule has 4 rings (SSSR count). The quantitative estimate of drug-likeness (QED) is 0.860. The number of hydrogen-bond donors (Lipinski definition) is 0. The molecule has 1 amide bonds. The number of carbonyl (C=O) groups excluding carboxylic acids is 1. The molecule has 0 saturated carbocycles. The summed E-state index contributed by atoms with van der Waals surface area (Å²) in [6.07, 6.45) is 6.68. The molecule has 0 unspecified atom stereocenters. The lowest BCUT2D eigenvalue weighted by Gasteiger charge is -2.45. The minimum atomic E-state index is 0.203. The zero-order valence-corrected chi connectivity index (χ0v) is 15.0. The number of nitrogens with zero attached hydrogens (tertiary/aromatic N) is 4. The predicted molar refractivity (Wildman–Crippen MR) is 95.0 cm³/mol. The summed E-state index contributed by atoms with van der Waals surface area (Å²) in [6, 6.07) is 6.00. The van der Waals surface area contributed by atoms with Gasteiger partial charge in [0.2, 0.25) is 0 Å². The molecule has 1 spiro atoms. The van der Waals surface area contributed by atoms with E-state index in [4.69, 9.17) is 0 Å². The van der Waals surface area contributed by atoms with Crippen LogP contribution in [0.2, 0.25) is 0 Å². The van der Waals surface area contributed by atoms with E-state index in [0.717, 1.165) is 49.6 Å². The van der Waals surface area contributed by atoms with Crippen molar-refractivity contribution in [1.82, 2.24) is 19.6 Å². The number of hydrogen-bond acceptors (Lipinski definition) is 4. The summed E-state index contributed by atoms with van der Waals surface area (Å²) in [5, 5.41) is 6.52. The third kappa shape index (κ3) is 2.89. The molecular weight excluding hydrogens is 320 g/mol. The van der Waals surface area contributed by atoms with Gasteiger partial charge < -0.3 is 4.90 Å². The molecule has 0 aliphatic carbocycles. The Kier molecular flexibility index (Phi) is 4.18. The molecule has 5 nitrogen and oxygen atoms in total. The fourth-order valence-electron chi connectivity index (χ4n) is 4.23. The van der Waals surface area contributed by atoms with Crippen molar-refractivity contribution < 1.29 is 4.79 Å². The highest BCUT2D eigenvalue weighted by molar-refractivity contribution is 7.12. The van der Waals surface area contributed by atoms with Gasteiger partial charge in [-0.2, -0.15) is 5.10 Å². The second-order valence-corrected chi connectivity index (χ2v) is 7.95. The molecule has 2 aliphatic heterocycles. The molecule has 2 aromatic rings. The largest absolute Gasteiger partial charge is 0.338 e. The summed E-state index contributed by atoms with van der Waals surface area (Å²) in [4.78, 5) is 18.1. The second kappa shape index (κ2) is 6.33. The number of thiophene rings is 1. The molecule has 6 heteroatoms. The minimum absolute atomic E-state index is 0.203. The number of rotatable bonds is 3. The van der Waals surface area contributed by atoms with Crippen LogP contribution < -0.4 is 0 Å². The van der Waals surface area contributed by atoms with Gasteiger partial charge in [0.25, 0.3) is 5.91 Å². The maximum absolute atomic E-state index is 12.5. The number of likely N-dealkylation sites (tertiary alicyclic amines) is 2. The van der Waals surface area contributed by atoms with Crippen molar-refractivity contribution in [3.05, 3.63) is 40.3 Å². The monoisotopic (exact) mass is 344 g/mol. The van der Waals surface area contributed by atoms with Gasteiger partial charge in [0, 0.05) is 38.4 Å². The molecule has 2 saturated heterocycles. The molecule has 0 radical (unpaired) electrons. The van der Waals surface area contributed by atoms with Crippen LogP contribution in [0.15, 0.2) is 29.8 Å². The Morgan fingerprint density at radius 2 is 2.08 bits per heavy atom. The first kappa shape index (κ1) is 15.8. The maximum Gasteiger partial charge on any atom is 0.263 e. The maximum atomic E-state index is 12.5. The number of piperidine rings is 1. The van der Waals surface area contributed by atoms with E-state index in [0.29, 0.717) is 0 Å². The molecular formula is C18H24N4OS. The Morgan fingerprint density at radius 1 is 1.25 bits per heavy atom. The highest BCUT2D eigenvalue weighted by Crippen LogP contribution is 2.39.